The van der Waals surface area contributed by atoms with Crippen LogP contribution in [0.15, 0.2) is 10.9 Å². The van der Waals surface area contributed by atoms with Gasteiger partial charge in [-0.15, -0.1) is 0 Å². The second-order valence-electron chi connectivity index (χ2n) is 6.11. The molecule has 1 aromatic rings. The van der Waals surface area contributed by atoms with Gasteiger partial charge in [0.1, 0.15) is 5.69 Å². The Hall–Kier alpha value is -1.07. The van der Waals surface area contributed by atoms with Crippen LogP contribution in [0.1, 0.15) is 13.8 Å². The van der Waals surface area contributed by atoms with E-state index in [1.807, 2.05) is 0 Å². The van der Waals surface area contributed by atoms with Crippen LogP contribution in [0.3, 0.4) is 0 Å². The number of hydrogen-bond donors (Lipinski definition) is 0. The third-order valence-electron chi connectivity index (χ3n) is 4.36. The zero-order valence-electron chi connectivity index (χ0n) is 11.4. The molecule has 0 aliphatic carbocycles. The molecule has 0 unspecified atom stereocenters. The first kappa shape index (κ1) is 12.9. The minimum Gasteiger partial charge on any atom is -0.379 e. The van der Waals surface area contributed by atoms with Crippen molar-refractivity contribution < 1.29 is 4.74 Å². The van der Waals surface area contributed by atoms with Crippen molar-refractivity contribution in [3.8, 4) is 0 Å². The van der Waals surface area contributed by atoms with Crippen molar-refractivity contribution in [2.45, 2.75) is 19.9 Å². The van der Waals surface area contributed by atoms with Gasteiger partial charge in [0, 0.05) is 25.6 Å². The van der Waals surface area contributed by atoms with E-state index in [1.165, 1.54) is 4.68 Å². The maximum absolute atomic E-state index is 12.3. The van der Waals surface area contributed by atoms with Gasteiger partial charge in [-0.1, -0.05) is 25.4 Å². The second-order valence-corrected chi connectivity index (χ2v) is 6.50. The third-order valence-corrected chi connectivity index (χ3v) is 4.54. The summed E-state index contributed by atoms with van der Waals surface area (Å²) in [7, 11) is 1.63. The number of aromatic nitrogens is 2. The summed E-state index contributed by atoms with van der Waals surface area (Å²) in [6.07, 6.45) is 0. The molecule has 0 aromatic carbocycles. The number of nitrogens with zero attached hydrogens (tertiary/aromatic N) is 3. The van der Waals surface area contributed by atoms with Gasteiger partial charge >= 0.3 is 0 Å². The Morgan fingerprint density at radius 2 is 2.21 bits per heavy atom. The fourth-order valence-corrected chi connectivity index (χ4v) is 3.51. The summed E-state index contributed by atoms with van der Waals surface area (Å²) in [4.78, 5) is 14.4. The van der Waals surface area contributed by atoms with Crippen LogP contribution in [0.25, 0.3) is 0 Å². The van der Waals surface area contributed by atoms with Crippen LogP contribution in [-0.4, -0.2) is 35.6 Å². The minimum absolute atomic E-state index is 0.104. The molecule has 2 aliphatic rings. The third kappa shape index (κ3) is 1.96. The molecule has 0 saturated carbocycles. The molecule has 0 bridgehead atoms. The lowest BCUT2D eigenvalue weighted by Crippen LogP contribution is -2.38. The molecule has 2 saturated heterocycles. The Balaban J connectivity index is 2.06. The van der Waals surface area contributed by atoms with Gasteiger partial charge in [-0.3, -0.25) is 4.79 Å². The molecule has 1 aromatic heterocycles. The number of anilines is 1. The molecule has 19 heavy (non-hydrogen) atoms. The largest absolute Gasteiger partial charge is 0.379 e. The standard InChI is InChI=1S/C13H18ClN3O2/c1-13(2)7-17(10-6-19-5-8(10)13)9-4-11(14)15-16(3)12(9)18/h4,8,10H,5-7H2,1-3H3/t8-,10+/m0/s1. The summed E-state index contributed by atoms with van der Waals surface area (Å²) in [6, 6.07) is 1.93. The minimum atomic E-state index is -0.104. The highest BCUT2D eigenvalue weighted by molar-refractivity contribution is 6.29. The number of ether oxygens (including phenoxy) is 1. The SMILES string of the molecule is Cn1nc(Cl)cc(N2CC(C)(C)[C@H]3COC[C@H]32)c1=O. The van der Waals surface area contributed by atoms with Crippen molar-refractivity contribution in [2.24, 2.45) is 18.4 Å². The van der Waals surface area contributed by atoms with Crippen molar-refractivity contribution in [3.63, 3.8) is 0 Å². The topological polar surface area (TPSA) is 47.4 Å². The number of halogens is 1. The molecule has 104 valence electrons. The van der Waals surface area contributed by atoms with Gasteiger partial charge < -0.3 is 9.64 Å². The van der Waals surface area contributed by atoms with E-state index in [4.69, 9.17) is 16.3 Å². The van der Waals surface area contributed by atoms with E-state index in [0.29, 0.717) is 23.4 Å². The smallest absolute Gasteiger partial charge is 0.290 e. The number of aryl methyl sites for hydroxylation is 1. The van der Waals surface area contributed by atoms with Gasteiger partial charge in [0.05, 0.1) is 19.3 Å². The van der Waals surface area contributed by atoms with Crippen LogP contribution in [0, 0.1) is 11.3 Å². The lowest BCUT2D eigenvalue weighted by Gasteiger charge is -2.25. The van der Waals surface area contributed by atoms with Gasteiger partial charge in [-0.2, -0.15) is 5.10 Å². The van der Waals surface area contributed by atoms with Crippen LogP contribution in [0.4, 0.5) is 5.69 Å². The Labute approximate surface area is 117 Å². The van der Waals surface area contributed by atoms with Crippen LogP contribution < -0.4 is 10.5 Å². The van der Waals surface area contributed by atoms with Gasteiger partial charge in [0.15, 0.2) is 5.15 Å². The summed E-state index contributed by atoms with van der Waals surface area (Å²) < 4.78 is 6.90. The maximum atomic E-state index is 12.3. The van der Waals surface area contributed by atoms with Crippen molar-refractivity contribution in [1.29, 1.82) is 0 Å². The van der Waals surface area contributed by atoms with E-state index in [0.717, 1.165) is 13.2 Å². The molecule has 3 heterocycles. The van der Waals surface area contributed by atoms with Crippen molar-refractivity contribution in [3.05, 3.63) is 21.6 Å². The van der Waals surface area contributed by atoms with Crippen molar-refractivity contribution >= 4 is 17.3 Å². The van der Waals surface area contributed by atoms with Gasteiger partial charge in [-0.05, 0) is 5.41 Å². The first-order valence-corrected chi connectivity index (χ1v) is 6.86. The molecule has 0 spiro atoms. The van der Waals surface area contributed by atoms with Crippen LogP contribution in [0.5, 0.6) is 0 Å². The van der Waals surface area contributed by atoms with E-state index in [1.54, 1.807) is 13.1 Å². The molecule has 0 amide bonds. The number of fused-ring (bicyclic) bond motifs is 1. The van der Waals surface area contributed by atoms with Crippen molar-refractivity contribution in [2.75, 3.05) is 24.7 Å². The molecular weight excluding hydrogens is 266 g/mol. The zero-order valence-corrected chi connectivity index (χ0v) is 12.1. The predicted molar refractivity (Wildman–Crippen MR) is 73.7 cm³/mol. The van der Waals surface area contributed by atoms with Crippen LogP contribution in [0.2, 0.25) is 5.15 Å². The summed E-state index contributed by atoms with van der Waals surface area (Å²) in [5.74, 6) is 0.462. The molecule has 2 fully saturated rings. The van der Waals surface area contributed by atoms with E-state index in [-0.39, 0.29) is 17.0 Å². The Morgan fingerprint density at radius 1 is 1.47 bits per heavy atom. The Kier molecular flexibility index (Phi) is 2.87. The van der Waals surface area contributed by atoms with E-state index < -0.39 is 0 Å². The molecule has 3 rings (SSSR count). The molecule has 0 N–H and O–H groups in total. The number of rotatable bonds is 1. The normalized spacial score (nSPS) is 28.7. The first-order valence-electron chi connectivity index (χ1n) is 6.48. The van der Waals surface area contributed by atoms with E-state index >= 15 is 0 Å². The van der Waals surface area contributed by atoms with Gasteiger partial charge in [0.2, 0.25) is 0 Å². The van der Waals surface area contributed by atoms with Crippen molar-refractivity contribution in [1.82, 2.24) is 9.78 Å². The van der Waals surface area contributed by atoms with Gasteiger partial charge in [-0.25, -0.2) is 4.68 Å². The average Bonchev–Trinajstić information content (AvgIpc) is 2.88. The number of hydrogen-bond acceptors (Lipinski definition) is 4. The molecule has 0 radical (unpaired) electrons. The zero-order chi connectivity index (χ0) is 13.8. The fraction of sp³-hybridized carbons (Fsp3) is 0.692. The average molecular weight is 284 g/mol. The summed E-state index contributed by atoms with van der Waals surface area (Å²) in [5.41, 5.74) is 0.670. The molecule has 2 aliphatic heterocycles. The fourth-order valence-electron chi connectivity index (χ4n) is 3.30. The highest BCUT2D eigenvalue weighted by atomic mass is 35.5. The maximum Gasteiger partial charge on any atom is 0.290 e. The molecule has 2 atom stereocenters. The summed E-state index contributed by atoms with van der Waals surface area (Å²) >= 11 is 5.99. The van der Waals surface area contributed by atoms with Crippen LogP contribution in [-0.2, 0) is 11.8 Å². The van der Waals surface area contributed by atoms with E-state index in [9.17, 15) is 4.79 Å². The van der Waals surface area contributed by atoms with E-state index in [2.05, 4.69) is 23.8 Å². The van der Waals surface area contributed by atoms with Crippen LogP contribution >= 0.6 is 11.6 Å². The molecule has 5 nitrogen and oxygen atoms in total. The molecular formula is C13H18ClN3O2. The summed E-state index contributed by atoms with van der Waals surface area (Å²) in [5, 5.41) is 4.28. The predicted octanol–water partition coefficient (Wildman–Crippen LogP) is 1.29. The summed E-state index contributed by atoms with van der Waals surface area (Å²) in [6.45, 7) is 6.75. The van der Waals surface area contributed by atoms with Gasteiger partial charge in [0.25, 0.3) is 5.56 Å². The second kappa shape index (κ2) is 4.21. The highest BCUT2D eigenvalue weighted by Gasteiger charge is 2.50. The quantitative estimate of drug-likeness (QED) is 0.779. The lowest BCUT2D eigenvalue weighted by molar-refractivity contribution is 0.149. The lowest BCUT2D eigenvalue weighted by atomic mass is 9.80. The Morgan fingerprint density at radius 3 is 2.95 bits per heavy atom. The first-order chi connectivity index (χ1) is 8.90. The molecule has 6 heteroatoms. The monoisotopic (exact) mass is 283 g/mol. The highest BCUT2D eigenvalue weighted by Crippen LogP contribution is 2.44. The Bertz CT molecular complexity index is 569.